The lowest BCUT2D eigenvalue weighted by molar-refractivity contribution is -0.139. The molecule has 1 aromatic carbocycles. The Morgan fingerprint density at radius 3 is 2.54 bits per heavy atom. The first kappa shape index (κ1) is 18.0. The molecule has 4 rings (SSSR count). The molecule has 26 heavy (non-hydrogen) atoms. The third-order valence-electron chi connectivity index (χ3n) is 7.38. The Hall–Kier alpha value is -1.39. The average molecular weight is 356 g/mol. The lowest BCUT2D eigenvalue weighted by Gasteiger charge is -2.42. The minimum absolute atomic E-state index is 0.0800. The molecular weight excluding hydrogens is 322 g/mol. The Kier molecular flexibility index (Phi) is 5.07. The number of hydrogen-bond acceptors (Lipinski definition) is 3. The molecule has 3 aliphatic rings. The largest absolute Gasteiger partial charge is 0.342 e. The molecule has 1 saturated heterocycles. The van der Waals surface area contributed by atoms with Gasteiger partial charge in [-0.3, -0.25) is 9.69 Å². The van der Waals surface area contributed by atoms with Gasteiger partial charge in [-0.15, -0.1) is 0 Å². The van der Waals surface area contributed by atoms with Gasteiger partial charge in [0, 0.05) is 38.3 Å². The summed E-state index contributed by atoms with van der Waals surface area (Å²) in [6, 6.07) is 11.6. The maximum atomic E-state index is 13.2. The SMILES string of the molecule is CC1CC(N(C)C(=O)C2C3CCC(C3)C2N)CCN1Cc1ccccc1. The van der Waals surface area contributed by atoms with E-state index in [1.54, 1.807) is 0 Å². The van der Waals surface area contributed by atoms with E-state index >= 15 is 0 Å². The summed E-state index contributed by atoms with van der Waals surface area (Å²) in [5.41, 5.74) is 7.78. The summed E-state index contributed by atoms with van der Waals surface area (Å²) in [6.07, 6.45) is 5.74. The highest BCUT2D eigenvalue weighted by atomic mass is 16.2. The molecule has 6 atom stereocenters. The third kappa shape index (κ3) is 3.29. The highest BCUT2D eigenvalue weighted by Gasteiger charge is 2.50. The summed E-state index contributed by atoms with van der Waals surface area (Å²) >= 11 is 0. The van der Waals surface area contributed by atoms with Gasteiger partial charge in [-0.25, -0.2) is 0 Å². The lowest BCUT2D eigenvalue weighted by Crippen LogP contribution is -2.53. The maximum absolute atomic E-state index is 13.2. The normalized spacial score (nSPS) is 37.0. The van der Waals surface area contributed by atoms with Crippen molar-refractivity contribution in [2.24, 2.45) is 23.5 Å². The first-order chi connectivity index (χ1) is 12.5. The van der Waals surface area contributed by atoms with E-state index in [1.165, 1.54) is 24.8 Å². The molecule has 1 aromatic rings. The predicted octanol–water partition coefficient (Wildman–Crippen LogP) is 2.87. The fourth-order valence-corrected chi connectivity index (χ4v) is 5.72. The number of carbonyl (C=O) groups excluding carboxylic acids is 1. The molecule has 2 aliphatic carbocycles. The molecule has 1 heterocycles. The Morgan fingerprint density at radius 1 is 1.15 bits per heavy atom. The second kappa shape index (κ2) is 7.32. The second-order valence-electron chi connectivity index (χ2n) is 8.87. The van der Waals surface area contributed by atoms with E-state index < -0.39 is 0 Å². The van der Waals surface area contributed by atoms with Gasteiger partial charge in [-0.05, 0) is 56.4 Å². The minimum atomic E-state index is 0.0800. The van der Waals surface area contributed by atoms with Crippen LogP contribution in [0.25, 0.3) is 0 Å². The summed E-state index contributed by atoms with van der Waals surface area (Å²) in [5.74, 6) is 1.53. The van der Waals surface area contributed by atoms with Gasteiger partial charge >= 0.3 is 0 Å². The molecule has 0 spiro atoms. The van der Waals surface area contributed by atoms with Gasteiger partial charge in [0.15, 0.2) is 0 Å². The highest BCUT2D eigenvalue weighted by molar-refractivity contribution is 5.80. The smallest absolute Gasteiger partial charge is 0.227 e. The van der Waals surface area contributed by atoms with E-state index in [1.807, 2.05) is 7.05 Å². The summed E-state index contributed by atoms with van der Waals surface area (Å²) < 4.78 is 0. The van der Waals surface area contributed by atoms with Crippen molar-refractivity contribution in [1.29, 1.82) is 0 Å². The number of piperidine rings is 1. The molecule has 142 valence electrons. The summed E-state index contributed by atoms with van der Waals surface area (Å²) in [4.78, 5) is 17.8. The average Bonchev–Trinajstić information content (AvgIpc) is 3.24. The number of rotatable bonds is 4. The molecule has 4 nitrogen and oxygen atoms in total. The van der Waals surface area contributed by atoms with Crippen LogP contribution in [0.5, 0.6) is 0 Å². The van der Waals surface area contributed by atoms with Crippen LogP contribution in [0.2, 0.25) is 0 Å². The zero-order valence-electron chi connectivity index (χ0n) is 16.2. The first-order valence-electron chi connectivity index (χ1n) is 10.3. The topological polar surface area (TPSA) is 49.6 Å². The molecule has 3 fully saturated rings. The maximum Gasteiger partial charge on any atom is 0.227 e. The number of hydrogen-bond donors (Lipinski definition) is 1. The summed E-state index contributed by atoms with van der Waals surface area (Å²) in [5, 5.41) is 0. The fraction of sp³-hybridized carbons (Fsp3) is 0.682. The zero-order valence-corrected chi connectivity index (χ0v) is 16.2. The molecule has 6 unspecified atom stereocenters. The van der Waals surface area contributed by atoms with Crippen molar-refractivity contribution in [3.63, 3.8) is 0 Å². The molecular formula is C22H33N3O. The van der Waals surface area contributed by atoms with E-state index in [9.17, 15) is 4.79 Å². The summed E-state index contributed by atoms with van der Waals surface area (Å²) in [6.45, 7) is 4.36. The molecule has 4 heteroatoms. The van der Waals surface area contributed by atoms with Crippen LogP contribution in [0, 0.1) is 17.8 Å². The Morgan fingerprint density at radius 2 is 1.88 bits per heavy atom. The van der Waals surface area contributed by atoms with Gasteiger partial charge < -0.3 is 10.6 Å². The van der Waals surface area contributed by atoms with E-state index in [0.29, 0.717) is 29.8 Å². The van der Waals surface area contributed by atoms with Crippen LogP contribution in [0.1, 0.15) is 44.6 Å². The van der Waals surface area contributed by atoms with Crippen molar-refractivity contribution in [3.05, 3.63) is 35.9 Å². The van der Waals surface area contributed by atoms with Gasteiger partial charge in [0.05, 0.1) is 5.92 Å². The van der Waals surface area contributed by atoms with Crippen molar-refractivity contribution in [2.45, 2.75) is 63.7 Å². The van der Waals surface area contributed by atoms with Crippen LogP contribution in [-0.4, -0.2) is 47.4 Å². The monoisotopic (exact) mass is 355 g/mol. The van der Waals surface area contributed by atoms with Crippen LogP contribution in [-0.2, 0) is 11.3 Å². The fourth-order valence-electron chi connectivity index (χ4n) is 5.72. The Bertz CT molecular complexity index is 632. The van der Waals surface area contributed by atoms with Crippen LogP contribution in [0.15, 0.2) is 30.3 Å². The molecule has 1 aliphatic heterocycles. The second-order valence-corrected chi connectivity index (χ2v) is 8.87. The number of likely N-dealkylation sites (tertiary alicyclic amines) is 1. The molecule has 2 saturated carbocycles. The quantitative estimate of drug-likeness (QED) is 0.903. The van der Waals surface area contributed by atoms with Gasteiger partial charge in [0.25, 0.3) is 0 Å². The number of nitrogens with zero attached hydrogens (tertiary/aromatic N) is 2. The minimum Gasteiger partial charge on any atom is -0.342 e. The van der Waals surface area contributed by atoms with E-state index in [0.717, 1.165) is 25.9 Å². The predicted molar refractivity (Wildman–Crippen MR) is 104 cm³/mol. The van der Waals surface area contributed by atoms with Gasteiger partial charge in [-0.2, -0.15) is 0 Å². The molecule has 2 N–H and O–H groups in total. The van der Waals surface area contributed by atoms with E-state index in [2.05, 4.69) is 47.1 Å². The number of benzene rings is 1. The zero-order chi connectivity index (χ0) is 18.3. The third-order valence-corrected chi connectivity index (χ3v) is 7.38. The van der Waals surface area contributed by atoms with Crippen molar-refractivity contribution in [3.8, 4) is 0 Å². The van der Waals surface area contributed by atoms with Gasteiger partial charge in [-0.1, -0.05) is 30.3 Å². The molecule has 2 bridgehead atoms. The summed E-state index contributed by atoms with van der Waals surface area (Å²) in [7, 11) is 2.02. The van der Waals surface area contributed by atoms with Crippen LogP contribution >= 0.6 is 0 Å². The number of fused-ring (bicyclic) bond motifs is 2. The molecule has 1 amide bonds. The number of carbonyl (C=O) groups is 1. The first-order valence-corrected chi connectivity index (χ1v) is 10.3. The van der Waals surface area contributed by atoms with E-state index in [-0.39, 0.29) is 12.0 Å². The van der Waals surface area contributed by atoms with Crippen molar-refractivity contribution < 1.29 is 4.79 Å². The van der Waals surface area contributed by atoms with Crippen LogP contribution < -0.4 is 5.73 Å². The lowest BCUT2D eigenvalue weighted by atomic mass is 9.83. The van der Waals surface area contributed by atoms with Gasteiger partial charge in [0.2, 0.25) is 5.91 Å². The van der Waals surface area contributed by atoms with E-state index in [4.69, 9.17) is 5.73 Å². The van der Waals surface area contributed by atoms with Crippen LogP contribution in [0.3, 0.4) is 0 Å². The number of amides is 1. The Labute approximate surface area is 157 Å². The Balaban J connectivity index is 1.35. The van der Waals surface area contributed by atoms with Gasteiger partial charge in [0.1, 0.15) is 0 Å². The van der Waals surface area contributed by atoms with Crippen molar-refractivity contribution in [1.82, 2.24) is 9.80 Å². The van der Waals surface area contributed by atoms with Crippen molar-refractivity contribution >= 4 is 5.91 Å². The highest BCUT2D eigenvalue weighted by Crippen LogP contribution is 2.48. The van der Waals surface area contributed by atoms with Crippen LogP contribution in [0.4, 0.5) is 0 Å². The standard InChI is InChI=1S/C22H33N3O/c1-15-12-19(10-11-25(15)14-16-6-4-3-5-7-16)24(2)22(26)20-17-8-9-18(13-17)21(20)23/h3-7,15,17-21H,8-14,23H2,1-2H3. The number of nitrogens with two attached hydrogens (primary N) is 1. The van der Waals surface area contributed by atoms with Crippen molar-refractivity contribution in [2.75, 3.05) is 13.6 Å². The molecule has 0 radical (unpaired) electrons. The molecule has 0 aromatic heterocycles.